The Hall–Kier alpha value is 0.130. The summed E-state index contributed by atoms with van der Waals surface area (Å²) in [5.74, 6) is 0.146. The molecule has 0 saturated heterocycles. The minimum Gasteiger partial charge on any atom is -0.349 e. The van der Waals surface area contributed by atoms with Crippen LogP contribution in [0.2, 0.25) is 0 Å². The van der Waals surface area contributed by atoms with Gasteiger partial charge in [0.1, 0.15) is 0 Å². The van der Waals surface area contributed by atoms with Crippen molar-refractivity contribution in [3.05, 3.63) is 22.4 Å². The monoisotopic (exact) mass is 395 g/mol. The van der Waals surface area contributed by atoms with Crippen molar-refractivity contribution in [3.63, 3.8) is 0 Å². The van der Waals surface area contributed by atoms with Crippen LogP contribution < -0.4 is 5.32 Å². The summed E-state index contributed by atoms with van der Waals surface area (Å²) >= 11 is 8.71. The molecule has 0 fully saturated rings. The van der Waals surface area contributed by atoms with Crippen molar-refractivity contribution in [2.75, 3.05) is 10.7 Å². The lowest BCUT2D eigenvalue weighted by Crippen LogP contribution is -2.51. The van der Waals surface area contributed by atoms with Crippen LogP contribution in [0.25, 0.3) is 0 Å². The van der Waals surface area contributed by atoms with Gasteiger partial charge in [-0.2, -0.15) is 0 Å². The summed E-state index contributed by atoms with van der Waals surface area (Å²) in [5, 5.41) is 6.76. The van der Waals surface area contributed by atoms with E-state index in [0.29, 0.717) is 6.42 Å². The van der Waals surface area contributed by atoms with Gasteiger partial charge in [0.05, 0.1) is 5.54 Å². The van der Waals surface area contributed by atoms with Crippen molar-refractivity contribution >= 4 is 49.1 Å². The highest BCUT2D eigenvalue weighted by Crippen LogP contribution is 2.17. The highest BCUT2D eigenvalue weighted by molar-refractivity contribution is 9.09. The normalized spacial score (nSPS) is 11.5. The predicted octanol–water partition coefficient (Wildman–Crippen LogP) is 4.13. The van der Waals surface area contributed by atoms with Crippen molar-refractivity contribution in [3.8, 4) is 0 Å². The zero-order valence-corrected chi connectivity index (χ0v) is 14.5. The lowest BCUT2D eigenvalue weighted by atomic mass is 10.0. The van der Waals surface area contributed by atoms with Gasteiger partial charge in [0, 0.05) is 22.0 Å². The van der Waals surface area contributed by atoms with Crippen LogP contribution in [-0.2, 0) is 11.2 Å². The van der Waals surface area contributed by atoms with E-state index in [4.69, 9.17) is 0 Å². The van der Waals surface area contributed by atoms with E-state index >= 15 is 0 Å². The van der Waals surface area contributed by atoms with Crippen molar-refractivity contribution < 1.29 is 4.79 Å². The molecule has 0 unspecified atom stereocenters. The van der Waals surface area contributed by atoms with Crippen molar-refractivity contribution in [2.45, 2.75) is 38.1 Å². The Morgan fingerprint density at radius 3 is 2.67 bits per heavy atom. The van der Waals surface area contributed by atoms with Gasteiger partial charge >= 0.3 is 0 Å². The third kappa shape index (κ3) is 5.02. The molecule has 0 aliphatic rings. The van der Waals surface area contributed by atoms with Crippen LogP contribution in [0.15, 0.2) is 17.5 Å². The van der Waals surface area contributed by atoms with Crippen LogP contribution in [0.3, 0.4) is 0 Å². The molecular formula is C13H19Br2NOS. The molecule has 0 radical (unpaired) electrons. The van der Waals surface area contributed by atoms with E-state index in [1.54, 1.807) is 11.3 Å². The summed E-state index contributed by atoms with van der Waals surface area (Å²) in [5.41, 5.74) is -0.153. The van der Waals surface area contributed by atoms with Crippen LogP contribution in [0, 0.1) is 0 Å². The summed E-state index contributed by atoms with van der Waals surface area (Å²) in [4.78, 5) is 13.3. The topological polar surface area (TPSA) is 29.1 Å². The molecule has 2 nitrogen and oxygen atoms in total. The molecule has 0 aliphatic heterocycles. The molecule has 0 saturated carbocycles. The van der Waals surface area contributed by atoms with Crippen LogP contribution in [0.5, 0.6) is 0 Å². The third-order valence-electron chi connectivity index (χ3n) is 3.00. The maximum absolute atomic E-state index is 11.9. The first kappa shape index (κ1) is 16.2. The van der Waals surface area contributed by atoms with E-state index in [0.717, 1.165) is 29.9 Å². The number of amides is 1. The van der Waals surface area contributed by atoms with Crippen LogP contribution in [0.4, 0.5) is 0 Å². The van der Waals surface area contributed by atoms with E-state index in [9.17, 15) is 4.79 Å². The lowest BCUT2D eigenvalue weighted by molar-refractivity contribution is -0.122. The SMILES string of the molecule is CCC(CBr)(CBr)NC(=O)CCCc1cccs1. The van der Waals surface area contributed by atoms with Crippen molar-refractivity contribution in [2.24, 2.45) is 0 Å². The van der Waals surface area contributed by atoms with Gasteiger partial charge in [0.25, 0.3) is 0 Å². The minimum atomic E-state index is -0.153. The zero-order chi connectivity index (χ0) is 13.4. The number of nitrogens with one attached hydrogen (secondary N) is 1. The van der Waals surface area contributed by atoms with E-state index in [2.05, 4.69) is 61.6 Å². The fourth-order valence-corrected chi connectivity index (χ4v) is 4.37. The fraction of sp³-hybridized carbons (Fsp3) is 0.615. The van der Waals surface area contributed by atoms with Gasteiger partial charge in [0.15, 0.2) is 0 Å². The Kier molecular flexibility index (Phi) is 7.49. The standard InChI is InChI=1S/C13H19Br2NOS/c1-2-13(9-14,10-15)16-12(17)7-3-5-11-6-4-8-18-11/h4,6,8H,2-3,5,7,9-10H2,1H3,(H,16,17). The number of carbonyl (C=O) groups is 1. The second kappa shape index (κ2) is 8.33. The van der Waals surface area contributed by atoms with Gasteiger partial charge in [-0.05, 0) is 30.7 Å². The zero-order valence-electron chi connectivity index (χ0n) is 10.5. The molecule has 1 amide bonds. The molecule has 5 heteroatoms. The maximum Gasteiger partial charge on any atom is 0.220 e. The predicted molar refractivity (Wildman–Crippen MR) is 86.0 cm³/mol. The largest absolute Gasteiger partial charge is 0.349 e. The summed E-state index contributed by atoms with van der Waals surface area (Å²) in [6, 6.07) is 4.17. The molecule has 1 heterocycles. The average Bonchev–Trinajstić information content (AvgIpc) is 2.89. The van der Waals surface area contributed by atoms with Gasteiger partial charge < -0.3 is 5.32 Å². The second-order valence-corrected chi connectivity index (χ2v) is 6.54. The number of aryl methyl sites for hydroxylation is 1. The number of halogens is 2. The number of rotatable bonds is 8. The van der Waals surface area contributed by atoms with E-state index in [1.165, 1.54) is 4.88 Å². The van der Waals surface area contributed by atoms with Crippen LogP contribution >= 0.6 is 43.2 Å². The van der Waals surface area contributed by atoms with Gasteiger partial charge in [-0.3, -0.25) is 4.79 Å². The molecular weight excluding hydrogens is 378 g/mol. The first-order valence-corrected chi connectivity index (χ1v) is 9.23. The molecule has 102 valence electrons. The fourth-order valence-electron chi connectivity index (χ4n) is 1.62. The van der Waals surface area contributed by atoms with Gasteiger partial charge in [-0.25, -0.2) is 0 Å². The molecule has 1 aromatic heterocycles. The highest BCUT2D eigenvalue weighted by Gasteiger charge is 2.27. The number of thiophene rings is 1. The molecule has 1 N–H and O–H groups in total. The van der Waals surface area contributed by atoms with Gasteiger partial charge in [-0.1, -0.05) is 44.8 Å². The minimum absolute atomic E-state index is 0.146. The number of alkyl halides is 2. The molecule has 0 bridgehead atoms. The Morgan fingerprint density at radius 1 is 1.44 bits per heavy atom. The van der Waals surface area contributed by atoms with Crippen molar-refractivity contribution in [1.82, 2.24) is 5.32 Å². The molecule has 0 aliphatic carbocycles. The Balaban J connectivity index is 2.32. The molecule has 1 rings (SSSR count). The number of hydrogen-bond donors (Lipinski definition) is 1. The van der Waals surface area contributed by atoms with E-state index in [-0.39, 0.29) is 11.4 Å². The van der Waals surface area contributed by atoms with Crippen LogP contribution in [-0.4, -0.2) is 22.1 Å². The third-order valence-corrected chi connectivity index (χ3v) is 6.08. The highest BCUT2D eigenvalue weighted by atomic mass is 79.9. The Labute approximate surface area is 130 Å². The van der Waals surface area contributed by atoms with Gasteiger partial charge in [0.2, 0.25) is 5.91 Å². The molecule has 0 aromatic carbocycles. The first-order chi connectivity index (χ1) is 8.65. The molecule has 1 aromatic rings. The van der Waals surface area contributed by atoms with E-state index in [1.807, 2.05) is 0 Å². The summed E-state index contributed by atoms with van der Waals surface area (Å²) < 4.78 is 0. The summed E-state index contributed by atoms with van der Waals surface area (Å²) in [6.45, 7) is 2.09. The number of hydrogen-bond acceptors (Lipinski definition) is 2. The first-order valence-electron chi connectivity index (χ1n) is 6.11. The van der Waals surface area contributed by atoms with E-state index < -0.39 is 0 Å². The second-order valence-electron chi connectivity index (χ2n) is 4.38. The van der Waals surface area contributed by atoms with Crippen molar-refractivity contribution in [1.29, 1.82) is 0 Å². The Morgan fingerprint density at radius 2 is 2.17 bits per heavy atom. The van der Waals surface area contributed by atoms with Gasteiger partial charge in [-0.15, -0.1) is 11.3 Å². The quantitative estimate of drug-likeness (QED) is 0.657. The average molecular weight is 397 g/mol. The summed E-state index contributed by atoms with van der Waals surface area (Å²) in [6.07, 6.45) is 3.42. The number of carbonyl (C=O) groups excluding carboxylic acids is 1. The molecule has 0 atom stereocenters. The lowest BCUT2D eigenvalue weighted by Gasteiger charge is -2.30. The summed E-state index contributed by atoms with van der Waals surface area (Å²) in [7, 11) is 0. The molecule has 18 heavy (non-hydrogen) atoms. The smallest absolute Gasteiger partial charge is 0.220 e. The molecule has 0 spiro atoms. The van der Waals surface area contributed by atoms with Crippen LogP contribution in [0.1, 0.15) is 31.1 Å². The maximum atomic E-state index is 11.9. The Bertz CT molecular complexity index is 342.